The first-order valence-electron chi connectivity index (χ1n) is 13.9. The maximum absolute atomic E-state index is 14.7. The lowest BCUT2D eigenvalue weighted by molar-refractivity contribution is -0.276. The molecule has 39 heavy (non-hydrogen) atoms. The van der Waals surface area contributed by atoms with Gasteiger partial charge in [-0.15, -0.1) is 13.2 Å². The van der Waals surface area contributed by atoms with E-state index in [1.54, 1.807) is 12.1 Å². The van der Waals surface area contributed by atoms with Crippen LogP contribution in [-0.2, 0) is 6.11 Å². The normalized spacial score (nSPS) is 24.4. The molecule has 2 saturated carbocycles. The van der Waals surface area contributed by atoms with Crippen molar-refractivity contribution in [1.29, 1.82) is 0 Å². The first-order chi connectivity index (χ1) is 18.4. The molecule has 0 saturated heterocycles. The van der Waals surface area contributed by atoms with Crippen LogP contribution in [0.5, 0.6) is 11.5 Å². The molecular weight excluding hydrogens is 525 g/mol. The molecule has 0 aliphatic heterocycles. The molecule has 0 aromatic heterocycles. The van der Waals surface area contributed by atoms with E-state index in [9.17, 15) is 30.7 Å². The van der Waals surface area contributed by atoms with Crippen LogP contribution in [0.1, 0.15) is 94.6 Å². The van der Waals surface area contributed by atoms with Crippen molar-refractivity contribution in [2.45, 2.75) is 95.9 Å². The van der Waals surface area contributed by atoms with Gasteiger partial charge in [0, 0.05) is 12.1 Å². The third-order valence-corrected chi connectivity index (χ3v) is 8.45. The molecular formula is C30H35F7O2. The Morgan fingerprint density at radius 3 is 1.79 bits per heavy atom. The van der Waals surface area contributed by atoms with Crippen LogP contribution in [0.2, 0.25) is 0 Å². The number of rotatable bonds is 9. The molecule has 2 aromatic carbocycles. The third kappa shape index (κ3) is 7.82. The van der Waals surface area contributed by atoms with Crippen LogP contribution in [0.15, 0.2) is 36.4 Å². The van der Waals surface area contributed by atoms with Gasteiger partial charge in [0.2, 0.25) is 5.75 Å². The smallest absolute Gasteiger partial charge is 0.429 e. The zero-order chi connectivity index (χ0) is 28.2. The van der Waals surface area contributed by atoms with Gasteiger partial charge < -0.3 is 9.47 Å². The Morgan fingerprint density at radius 2 is 1.28 bits per heavy atom. The Balaban J connectivity index is 1.31. The van der Waals surface area contributed by atoms with Gasteiger partial charge in [-0.1, -0.05) is 51.2 Å². The maximum Gasteiger partial charge on any atom is 0.573 e. The lowest BCUT2D eigenvalue weighted by Crippen LogP contribution is -2.25. The molecule has 0 unspecified atom stereocenters. The molecule has 2 nitrogen and oxygen atoms in total. The first kappa shape index (κ1) is 29.5. The van der Waals surface area contributed by atoms with Crippen molar-refractivity contribution in [3.63, 3.8) is 0 Å². The minimum Gasteiger partial charge on any atom is -0.429 e. The van der Waals surface area contributed by atoms with Crippen molar-refractivity contribution in [3.8, 4) is 11.5 Å². The number of hydrogen-bond acceptors (Lipinski definition) is 2. The number of benzene rings is 2. The fraction of sp³-hybridized carbons (Fsp3) is 0.600. The quantitative estimate of drug-likeness (QED) is 0.284. The average molecular weight is 561 g/mol. The Morgan fingerprint density at radius 1 is 0.744 bits per heavy atom. The van der Waals surface area contributed by atoms with Crippen molar-refractivity contribution in [2.75, 3.05) is 0 Å². The van der Waals surface area contributed by atoms with Gasteiger partial charge in [0.25, 0.3) is 0 Å². The van der Waals surface area contributed by atoms with Crippen LogP contribution in [0.3, 0.4) is 0 Å². The number of halogens is 7. The molecule has 0 amide bonds. The lowest BCUT2D eigenvalue weighted by atomic mass is 9.68. The van der Waals surface area contributed by atoms with Crippen LogP contribution < -0.4 is 9.47 Å². The summed E-state index contributed by atoms with van der Waals surface area (Å²) in [6.07, 6.45) is 4.25. The minimum absolute atomic E-state index is 0.225. The van der Waals surface area contributed by atoms with Gasteiger partial charge >= 0.3 is 12.5 Å². The molecule has 4 rings (SSSR count). The molecule has 2 aliphatic rings. The second-order valence-corrected chi connectivity index (χ2v) is 11.0. The second kappa shape index (κ2) is 12.4. The molecule has 0 bridgehead atoms. The molecule has 9 heteroatoms. The predicted octanol–water partition coefficient (Wildman–Crippen LogP) is 10.3. The molecule has 216 valence electrons. The highest BCUT2D eigenvalue weighted by Crippen LogP contribution is 2.45. The highest BCUT2D eigenvalue weighted by atomic mass is 19.4. The Hall–Kier alpha value is -2.45. The zero-order valence-electron chi connectivity index (χ0n) is 22.0. The Bertz CT molecular complexity index is 1040. The third-order valence-electron chi connectivity index (χ3n) is 8.45. The van der Waals surface area contributed by atoms with Crippen molar-refractivity contribution < 1.29 is 40.2 Å². The van der Waals surface area contributed by atoms with Gasteiger partial charge in [0.05, 0.1) is 5.56 Å². The van der Waals surface area contributed by atoms with E-state index in [-0.39, 0.29) is 18.1 Å². The Labute approximate surface area is 224 Å². The van der Waals surface area contributed by atoms with Crippen molar-refractivity contribution in [2.24, 2.45) is 17.8 Å². The van der Waals surface area contributed by atoms with Gasteiger partial charge in [-0.2, -0.15) is 8.78 Å². The highest BCUT2D eigenvalue weighted by Gasteiger charge is 2.38. The van der Waals surface area contributed by atoms with E-state index in [0.717, 1.165) is 49.0 Å². The van der Waals surface area contributed by atoms with Crippen LogP contribution >= 0.6 is 0 Å². The number of hydrogen-bond donors (Lipinski definition) is 0. The van der Waals surface area contributed by atoms with E-state index in [0.29, 0.717) is 0 Å². The number of alkyl halides is 5. The molecule has 2 aliphatic carbocycles. The lowest BCUT2D eigenvalue weighted by Gasteiger charge is -2.38. The van der Waals surface area contributed by atoms with Crippen molar-refractivity contribution in [3.05, 3.63) is 59.2 Å². The monoisotopic (exact) mass is 560 g/mol. The number of ether oxygens (including phenoxy) is 2. The molecule has 2 aromatic rings. The van der Waals surface area contributed by atoms with Gasteiger partial charge in [-0.05, 0) is 79.9 Å². The van der Waals surface area contributed by atoms with Crippen molar-refractivity contribution >= 4 is 0 Å². The molecule has 0 N–H and O–H groups in total. The zero-order valence-corrected chi connectivity index (χ0v) is 22.0. The van der Waals surface area contributed by atoms with Crippen LogP contribution in [0.25, 0.3) is 0 Å². The molecule has 0 radical (unpaired) electrons. The maximum atomic E-state index is 14.7. The topological polar surface area (TPSA) is 18.5 Å². The van der Waals surface area contributed by atoms with Crippen molar-refractivity contribution in [1.82, 2.24) is 0 Å². The van der Waals surface area contributed by atoms with E-state index < -0.39 is 41.2 Å². The van der Waals surface area contributed by atoms with Gasteiger partial charge in [0.1, 0.15) is 5.75 Å². The highest BCUT2D eigenvalue weighted by molar-refractivity contribution is 5.36. The SMILES string of the molecule is CCCC[C@H]1CC[C@H](C2CCC(c3ccc(C(F)(F)Oc4cc(F)c(OC(F)(F)F)c(F)c4)cc3)CC2)CC1. The summed E-state index contributed by atoms with van der Waals surface area (Å²) >= 11 is 0. The van der Waals surface area contributed by atoms with E-state index in [1.807, 2.05) is 0 Å². The summed E-state index contributed by atoms with van der Waals surface area (Å²) in [5, 5.41) is 0. The summed E-state index contributed by atoms with van der Waals surface area (Å²) < 4.78 is 102. The number of unbranched alkanes of at least 4 members (excludes halogenated alkanes) is 1. The summed E-state index contributed by atoms with van der Waals surface area (Å²) in [5.41, 5.74) is 0.429. The first-order valence-corrected chi connectivity index (χ1v) is 13.9. The van der Waals surface area contributed by atoms with E-state index in [2.05, 4.69) is 16.4 Å². The molecule has 0 spiro atoms. The molecule has 2 fully saturated rings. The largest absolute Gasteiger partial charge is 0.573 e. The van der Waals surface area contributed by atoms with Gasteiger partial charge in [0.15, 0.2) is 11.6 Å². The van der Waals surface area contributed by atoms with E-state index in [1.165, 1.54) is 57.1 Å². The average Bonchev–Trinajstić information content (AvgIpc) is 2.89. The summed E-state index contributed by atoms with van der Waals surface area (Å²) in [7, 11) is 0. The minimum atomic E-state index is -5.34. The van der Waals surface area contributed by atoms with E-state index in [4.69, 9.17) is 0 Å². The van der Waals surface area contributed by atoms with E-state index >= 15 is 0 Å². The summed E-state index contributed by atoms with van der Waals surface area (Å²) in [6.45, 7) is 2.24. The summed E-state index contributed by atoms with van der Waals surface area (Å²) in [5.74, 6) is -3.62. The fourth-order valence-corrected chi connectivity index (χ4v) is 6.33. The summed E-state index contributed by atoms with van der Waals surface area (Å²) in [6, 6.07) is 6.13. The molecule has 0 atom stereocenters. The standard InChI is InChI=1S/C30H35F7O2/c1-2-3-4-19-5-7-20(8-6-19)21-9-11-22(12-10-21)23-13-15-24(16-14-23)29(33,34)38-25-17-26(31)28(27(32)18-25)39-30(35,36)37/h13-22H,2-12H2,1H3/t19-,20-,21?,22?. The van der Waals surface area contributed by atoms with Gasteiger partial charge in [-0.3, -0.25) is 0 Å². The van der Waals surface area contributed by atoms with Gasteiger partial charge in [-0.25, -0.2) is 8.78 Å². The fourth-order valence-electron chi connectivity index (χ4n) is 6.33. The van der Waals surface area contributed by atoms with Crippen LogP contribution in [0, 0.1) is 29.4 Å². The van der Waals surface area contributed by atoms with Crippen LogP contribution in [-0.4, -0.2) is 6.36 Å². The predicted molar refractivity (Wildman–Crippen MR) is 134 cm³/mol. The Kier molecular flexibility index (Phi) is 9.37. The van der Waals surface area contributed by atoms with Crippen LogP contribution in [0.4, 0.5) is 30.7 Å². The molecule has 0 heterocycles. The second-order valence-electron chi connectivity index (χ2n) is 11.0. The summed E-state index contributed by atoms with van der Waals surface area (Å²) in [4.78, 5) is 0.